The number of nitrogens with one attached hydrogen (secondary N) is 1. The Labute approximate surface area is 299 Å². The summed E-state index contributed by atoms with van der Waals surface area (Å²) >= 11 is 1.60. The molecule has 3 aromatic rings. The van der Waals surface area contributed by atoms with Crippen molar-refractivity contribution in [2.75, 3.05) is 18.1 Å². The molecular weight excluding hydrogens is 677 g/mol. The Morgan fingerprint density at radius 1 is 1.08 bits per heavy atom. The number of rotatable bonds is 10. The van der Waals surface area contributed by atoms with E-state index in [0.717, 1.165) is 32.1 Å². The molecule has 0 bridgehead atoms. The van der Waals surface area contributed by atoms with Crippen LogP contribution in [0.15, 0.2) is 29.4 Å². The van der Waals surface area contributed by atoms with Crippen LogP contribution < -0.4 is 11.1 Å². The average molecular weight is 721 g/mol. The number of aryl methyl sites for hydroxylation is 1. The van der Waals surface area contributed by atoms with Gasteiger partial charge in [-0.2, -0.15) is 26.8 Å². The quantitative estimate of drug-likeness (QED) is 0.202. The van der Waals surface area contributed by atoms with Gasteiger partial charge in [0.2, 0.25) is 11.7 Å². The molecule has 0 unspecified atom stereocenters. The second-order valence-corrected chi connectivity index (χ2v) is 15.6. The molecule has 1 saturated carbocycles. The predicted octanol–water partition coefficient (Wildman–Crippen LogP) is 1.62. The Morgan fingerprint density at radius 2 is 1.78 bits per heavy atom. The highest BCUT2D eigenvalue weighted by atomic mass is 32.2. The molecule has 2 saturated heterocycles. The van der Waals surface area contributed by atoms with E-state index in [4.69, 9.17) is 5.73 Å². The van der Waals surface area contributed by atoms with Gasteiger partial charge in [-0.1, -0.05) is 37.3 Å². The van der Waals surface area contributed by atoms with E-state index in [2.05, 4.69) is 30.8 Å². The average Bonchev–Trinajstić information content (AvgIpc) is 3.85. The van der Waals surface area contributed by atoms with Gasteiger partial charge in [-0.15, -0.1) is 5.10 Å². The van der Waals surface area contributed by atoms with Crippen LogP contribution in [0.25, 0.3) is 11.0 Å². The van der Waals surface area contributed by atoms with Crippen LogP contribution in [0, 0.1) is 5.92 Å². The highest BCUT2D eigenvalue weighted by Crippen LogP contribution is 2.35. The minimum atomic E-state index is -1.50. The second-order valence-electron chi connectivity index (χ2n) is 14.3. The number of nitrogens with two attached hydrogens (primary N) is 1. The Balaban J connectivity index is 1.37. The predicted molar refractivity (Wildman–Crippen MR) is 188 cm³/mol. The van der Waals surface area contributed by atoms with Crippen molar-refractivity contribution in [2.45, 2.75) is 94.9 Å². The van der Waals surface area contributed by atoms with Crippen LogP contribution in [-0.4, -0.2) is 105 Å². The van der Waals surface area contributed by atoms with Crippen molar-refractivity contribution in [3.05, 3.63) is 35.7 Å². The smallest absolute Gasteiger partial charge is 0.287 e. The van der Waals surface area contributed by atoms with Gasteiger partial charge in [0.1, 0.15) is 33.9 Å². The van der Waals surface area contributed by atoms with E-state index in [1.165, 1.54) is 20.6 Å². The highest BCUT2D eigenvalue weighted by Gasteiger charge is 2.49. The summed E-state index contributed by atoms with van der Waals surface area (Å²) < 4.78 is 1.51. The molecule has 16 nitrogen and oxygen atoms in total. The van der Waals surface area contributed by atoms with E-state index in [9.17, 15) is 29.1 Å². The summed E-state index contributed by atoms with van der Waals surface area (Å²) in [7, 11) is 1.68. The fraction of sp³-hybridized carbons (Fsp3) is 0.588. The Morgan fingerprint density at radius 3 is 2.47 bits per heavy atom. The van der Waals surface area contributed by atoms with Gasteiger partial charge >= 0.3 is 0 Å². The van der Waals surface area contributed by atoms with Crippen molar-refractivity contribution in [3.8, 4) is 0 Å². The van der Waals surface area contributed by atoms with Crippen molar-refractivity contribution in [1.29, 1.82) is 0 Å². The number of thioether (sulfide) groups is 1. The second kappa shape index (κ2) is 14.6. The van der Waals surface area contributed by atoms with Crippen molar-refractivity contribution in [2.24, 2.45) is 23.7 Å². The lowest BCUT2D eigenvalue weighted by atomic mass is 9.85. The molecule has 4 N–H and O–H groups in total. The summed E-state index contributed by atoms with van der Waals surface area (Å²) in [5.41, 5.74) is 4.39. The number of aliphatic imine (C=N–C) groups is 1. The number of aliphatic hydroxyl groups is 1. The third kappa shape index (κ3) is 7.73. The molecule has 4 amide bonds. The number of nitrogens with zero attached hydrogens (tertiary/aromatic N) is 8. The number of Topliss-reactive ketones (excluding diaryl/α,β-unsaturated/α-hetero) is 1. The molecule has 2 aliphatic heterocycles. The maximum atomic E-state index is 14.7. The number of fused-ring (bicyclic) bond motifs is 1. The lowest BCUT2D eigenvalue weighted by molar-refractivity contribution is -0.143. The molecule has 51 heavy (non-hydrogen) atoms. The van der Waals surface area contributed by atoms with Crippen molar-refractivity contribution >= 4 is 57.9 Å². The van der Waals surface area contributed by atoms with Crippen LogP contribution in [0.4, 0.5) is 0 Å². The first-order valence-corrected chi connectivity index (χ1v) is 18.5. The molecular formula is C34H44N10O6S. The fourth-order valence-electron chi connectivity index (χ4n) is 7.45. The number of hydrogen-bond acceptors (Lipinski definition) is 11. The largest absolute Gasteiger partial charge is 0.384 e. The normalized spacial score (nSPS) is 21.5. The van der Waals surface area contributed by atoms with Crippen molar-refractivity contribution < 1.29 is 29.1 Å². The van der Waals surface area contributed by atoms with Gasteiger partial charge in [0.15, 0.2) is 0 Å². The molecule has 0 radical (unpaired) electrons. The monoisotopic (exact) mass is 720 g/mol. The van der Waals surface area contributed by atoms with Crippen LogP contribution in [0.2, 0.25) is 0 Å². The van der Waals surface area contributed by atoms with Crippen LogP contribution in [-0.2, 0) is 31.8 Å². The highest BCUT2D eigenvalue weighted by molar-refractivity contribution is 7.99. The summed E-state index contributed by atoms with van der Waals surface area (Å²) in [6.45, 7) is 3.16. The zero-order valence-corrected chi connectivity index (χ0v) is 29.9. The van der Waals surface area contributed by atoms with E-state index < -0.39 is 52.6 Å². The molecule has 4 heterocycles. The summed E-state index contributed by atoms with van der Waals surface area (Å²) in [4.78, 5) is 75.2. The number of benzene rings is 1. The van der Waals surface area contributed by atoms with Crippen molar-refractivity contribution in [1.82, 2.24) is 40.2 Å². The molecule has 2 aromatic heterocycles. The van der Waals surface area contributed by atoms with E-state index in [-0.39, 0.29) is 49.4 Å². The number of hydrogen-bond donors (Lipinski definition) is 3. The summed E-state index contributed by atoms with van der Waals surface area (Å²) in [6.07, 6.45) is 7.00. The Hall–Kier alpha value is -4.51. The van der Waals surface area contributed by atoms with Gasteiger partial charge in [-0.3, -0.25) is 24.0 Å². The van der Waals surface area contributed by atoms with Gasteiger partial charge in [0.05, 0.1) is 17.9 Å². The number of carbonyl (C=O) groups excluding carboxylic acids is 5. The molecule has 0 spiro atoms. The Bertz CT molecular complexity index is 1870. The molecule has 272 valence electrons. The van der Waals surface area contributed by atoms with Crippen molar-refractivity contribution in [3.63, 3.8) is 0 Å². The topological polar surface area (TPSA) is 221 Å². The lowest BCUT2D eigenvalue weighted by Crippen LogP contribution is -2.63. The standard InChI is InChI=1S/C34H44N10O6S/c1-33(2,50)27-18-36-41-44(27)22-17-26(31(48)38-34(28(45)29(35)46)11-13-51-14-12-34)43(19-22)32(49)25(15-20-7-5-4-6-8-20)37-30(47)21-9-10-23-24(16-21)40-42(3)39-23/h9-10,16,18,20,22,26,50H,4-8,11-15,17,19H2,1-3H3,(H2,35,46)(H,38,48)/t22-,26-/m0/s1. The maximum absolute atomic E-state index is 14.7. The number of amides is 4. The molecule has 1 aromatic carbocycles. The number of aromatic nitrogens is 6. The number of carbonyl (C=O) groups is 5. The van der Waals surface area contributed by atoms with E-state index >= 15 is 0 Å². The van der Waals surface area contributed by atoms with Gasteiger partial charge in [0, 0.05) is 25.6 Å². The third-order valence-corrected chi connectivity index (χ3v) is 11.2. The van der Waals surface area contributed by atoms with E-state index in [1.807, 2.05) is 0 Å². The van der Waals surface area contributed by atoms with E-state index in [0.29, 0.717) is 28.2 Å². The minimum absolute atomic E-state index is 0.0145. The van der Waals surface area contributed by atoms with Crippen LogP contribution in [0.5, 0.6) is 0 Å². The van der Waals surface area contributed by atoms with Gasteiger partial charge in [0.25, 0.3) is 17.7 Å². The first-order chi connectivity index (χ1) is 24.3. The molecule has 6 rings (SSSR count). The van der Waals surface area contributed by atoms with Gasteiger partial charge in [-0.05, 0) is 68.7 Å². The Kier molecular flexibility index (Phi) is 10.4. The van der Waals surface area contributed by atoms with Gasteiger partial charge in [-0.25, -0.2) is 9.67 Å². The summed E-state index contributed by atoms with van der Waals surface area (Å²) in [5, 5.41) is 30.5. The zero-order chi connectivity index (χ0) is 36.5. The SMILES string of the molecule is Cn1nc2ccc(C(=O)N=C(CC3CCCCC3)C(=O)N3C[C@@H](n4nncc4C(C)(C)O)C[C@H]3C(=O)NC3(C(=O)C(N)=O)CCSCC3)cc2n1. The maximum Gasteiger partial charge on any atom is 0.287 e. The third-order valence-electron chi connectivity index (χ3n) is 10.2. The molecule has 3 fully saturated rings. The van der Waals surface area contributed by atoms with Crippen LogP contribution in [0.3, 0.4) is 0 Å². The molecule has 3 aliphatic rings. The van der Waals surface area contributed by atoms with E-state index in [1.54, 1.807) is 50.9 Å². The molecule has 1 aliphatic carbocycles. The first-order valence-electron chi connectivity index (χ1n) is 17.4. The number of likely N-dealkylation sites (tertiary alicyclic amines) is 1. The van der Waals surface area contributed by atoms with Crippen LogP contribution >= 0.6 is 11.8 Å². The fourth-order valence-corrected chi connectivity index (χ4v) is 8.64. The molecule has 17 heteroatoms. The summed E-state index contributed by atoms with van der Waals surface area (Å²) in [6, 6.07) is 3.12. The van der Waals surface area contributed by atoms with Crippen LogP contribution in [0.1, 0.15) is 93.7 Å². The summed E-state index contributed by atoms with van der Waals surface area (Å²) in [5.74, 6) is -2.68. The minimum Gasteiger partial charge on any atom is -0.384 e. The number of primary amides is 1. The van der Waals surface area contributed by atoms with Gasteiger partial charge < -0.3 is 21.1 Å². The molecule has 2 atom stereocenters. The zero-order valence-electron chi connectivity index (χ0n) is 29.1. The lowest BCUT2D eigenvalue weighted by Gasteiger charge is -2.37. The first kappa shape index (κ1) is 36.3. The number of ketones is 1.